The Balaban J connectivity index is 2.07. The number of nitrogens with zero attached hydrogens (tertiary/aromatic N) is 3. The lowest BCUT2D eigenvalue weighted by Crippen LogP contribution is -2.22. The lowest BCUT2D eigenvalue weighted by molar-refractivity contribution is 0.521. The number of rotatable bonds is 6. The van der Waals surface area contributed by atoms with Crippen LogP contribution >= 0.6 is 0 Å². The molecular formula is C19H20F2N4O2S. The van der Waals surface area contributed by atoms with Gasteiger partial charge in [-0.1, -0.05) is 12.1 Å². The SMILES string of the molecule is CN(C)S(=O)(=O)c1ccc(-c2cc(F)cc3c2ncn3C/C(F)=C/CN)cc1. The average Bonchev–Trinajstić information content (AvgIpc) is 3.03. The van der Waals surface area contributed by atoms with Gasteiger partial charge in [-0.25, -0.2) is 26.5 Å². The highest BCUT2D eigenvalue weighted by molar-refractivity contribution is 7.89. The molecule has 0 radical (unpaired) electrons. The Bertz CT molecular complexity index is 1140. The van der Waals surface area contributed by atoms with Gasteiger partial charge in [0.25, 0.3) is 0 Å². The maximum atomic E-state index is 14.2. The molecule has 0 saturated heterocycles. The van der Waals surface area contributed by atoms with Crippen molar-refractivity contribution in [3.63, 3.8) is 0 Å². The molecule has 3 rings (SSSR count). The molecule has 3 aromatic rings. The lowest BCUT2D eigenvalue weighted by Gasteiger charge is -2.12. The van der Waals surface area contributed by atoms with Crippen LogP contribution in [-0.4, -0.2) is 42.9 Å². The predicted octanol–water partition coefficient (Wildman–Crippen LogP) is 2.90. The minimum Gasteiger partial charge on any atom is -0.327 e. The van der Waals surface area contributed by atoms with Crippen molar-refractivity contribution in [1.29, 1.82) is 0 Å². The molecule has 0 bridgehead atoms. The lowest BCUT2D eigenvalue weighted by atomic mass is 10.0. The highest BCUT2D eigenvalue weighted by Gasteiger charge is 2.18. The first kappa shape index (κ1) is 20.1. The first-order valence-electron chi connectivity index (χ1n) is 8.46. The molecule has 28 heavy (non-hydrogen) atoms. The van der Waals surface area contributed by atoms with Gasteiger partial charge in [0.1, 0.15) is 11.6 Å². The Kier molecular flexibility index (Phi) is 5.59. The van der Waals surface area contributed by atoms with E-state index in [9.17, 15) is 17.2 Å². The number of imidazole rings is 1. The minimum atomic E-state index is -3.56. The van der Waals surface area contributed by atoms with E-state index in [1.165, 1.54) is 55.3 Å². The molecule has 0 amide bonds. The summed E-state index contributed by atoms with van der Waals surface area (Å²) in [6.07, 6.45) is 2.68. The van der Waals surface area contributed by atoms with Crippen molar-refractivity contribution in [1.82, 2.24) is 13.9 Å². The quantitative estimate of drug-likeness (QED) is 0.683. The molecule has 9 heteroatoms. The van der Waals surface area contributed by atoms with E-state index in [-0.39, 0.29) is 18.0 Å². The third-order valence-corrected chi connectivity index (χ3v) is 6.12. The van der Waals surface area contributed by atoms with Gasteiger partial charge in [-0.05, 0) is 35.9 Å². The number of aromatic nitrogens is 2. The van der Waals surface area contributed by atoms with Crippen molar-refractivity contribution < 1.29 is 17.2 Å². The first-order valence-corrected chi connectivity index (χ1v) is 9.90. The van der Waals surface area contributed by atoms with Crippen LogP contribution in [0.15, 0.2) is 59.5 Å². The number of benzene rings is 2. The Morgan fingerprint density at radius 1 is 1.25 bits per heavy atom. The molecule has 0 aliphatic heterocycles. The Hall–Kier alpha value is -2.62. The normalized spacial score (nSPS) is 12.9. The van der Waals surface area contributed by atoms with Gasteiger partial charge in [0.05, 0.1) is 28.8 Å². The second-order valence-corrected chi connectivity index (χ2v) is 8.54. The fourth-order valence-electron chi connectivity index (χ4n) is 2.85. The molecule has 2 aromatic carbocycles. The fourth-order valence-corrected chi connectivity index (χ4v) is 3.75. The Labute approximate surface area is 162 Å². The average molecular weight is 406 g/mol. The number of nitrogens with two attached hydrogens (primary N) is 1. The van der Waals surface area contributed by atoms with Gasteiger partial charge in [0.15, 0.2) is 0 Å². The van der Waals surface area contributed by atoms with Gasteiger partial charge in [0, 0.05) is 26.2 Å². The third-order valence-electron chi connectivity index (χ3n) is 4.29. The summed E-state index contributed by atoms with van der Waals surface area (Å²) in [5.74, 6) is -0.941. The van der Waals surface area contributed by atoms with Gasteiger partial charge < -0.3 is 10.3 Å². The number of fused-ring (bicyclic) bond motifs is 1. The summed E-state index contributed by atoms with van der Waals surface area (Å²) in [6, 6.07) is 8.72. The number of halogens is 2. The second kappa shape index (κ2) is 7.78. The molecule has 0 saturated carbocycles. The molecule has 0 unspecified atom stereocenters. The monoisotopic (exact) mass is 406 g/mol. The molecule has 148 valence electrons. The third kappa shape index (κ3) is 3.82. The second-order valence-electron chi connectivity index (χ2n) is 6.39. The fraction of sp³-hybridized carbons (Fsp3) is 0.211. The molecule has 2 N–H and O–H groups in total. The first-order chi connectivity index (χ1) is 13.2. The van der Waals surface area contributed by atoms with Gasteiger partial charge in [-0.2, -0.15) is 0 Å². The molecule has 1 aromatic heterocycles. The van der Waals surface area contributed by atoms with E-state index < -0.39 is 21.7 Å². The maximum Gasteiger partial charge on any atom is 0.242 e. The van der Waals surface area contributed by atoms with Crippen LogP contribution in [0.5, 0.6) is 0 Å². The zero-order chi connectivity index (χ0) is 20.5. The van der Waals surface area contributed by atoms with Gasteiger partial charge in [-0.15, -0.1) is 0 Å². The molecule has 0 aliphatic rings. The summed E-state index contributed by atoms with van der Waals surface area (Å²) < 4.78 is 55.1. The number of allylic oxidation sites excluding steroid dienone is 1. The van der Waals surface area contributed by atoms with E-state index in [2.05, 4.69) is 4.98 Å². The molecule has 6 nitrogen and oxygen atoms in total. The van der Waals surface area contributed by atoms with E-state index in [0.717, 1.165) is 4.31 Å². The molecule has 1 heterocycles. The highest BCUT2D eigenvalue weighted by Crippen LogP contribution is 2.30. The van der Waals surface area contributed by atoms with Crippen LogP contribution in [-0.2, 0) is 16.6 Å². The van der Waals surface area contributed by atoms with Crippen molar-refractivity contribution >= 4 is 21.1 Å². The maximum absolute atomic E-state index is 14.2. The van der Waals surface area contributed by atoms with E-state index in [0.29, 0.717) is 22.2 Å². The summed E-state index contributed by atoms with van der Waals surface area (Å²) in [5.41, 5.74) is 7.33. The largest absolute Gasteiger partial charge is 0.327 e. The molecular weight excluding hydrogens is 386 g/mol. The number of sulfonamides is 1. The van der Waals surface area contributed by atoms with E-state index in [1.807, 2.05) is 0 Å². The smallest absolute Gasteiger partial charge is 0.242 e. The highest BCUT2D eigenvalue weighted by atomic mass is 32.2. The number of hydrogen-bond acceptors (Lipinski definition) is 4. The molecule has 0 atom stereocenters. The zero-order valence-corrected chi connectivity index (χ0v) is 16.2. The summed E-state index contributed by atoms with van der Waals surface area (Å²) in [4.78, 5) is 4.43. The predicted molar refractivity (Wildman–Crippen MR) is 104 cm³/mol. The minimum absolute atomic E-state index is 0.0697. The molecule has 0 spiro atoms. The van der Waals surface area contributed by atoms with Crippen LogP contribution in [0.3, 0.4) is 0 Å². The van der Waals surface area contributed by atoms with E-state index in [1.54, 1.807) is 12.1 Å². The van der Waals surface area contributed by atoms with Crippen molar-refractivity contribution in [3.8, 4) is 11.1 Å². The summed E-state index contributed by atoms with van der Waals surface area (Å²) >= 11 is 0. The van der Waals surface area contributed by atoms with Crippen LogP contribution in [0, 0.1) is 5.82 Å². The van der Waals surface area contributed by atoms with Gasteiger partial charge >= 0.3 is 0 Å². The van der Waals surface area contributed by atoms with E-state index in [4.69, 9.17) is 5.73 Å². The molecule has 0 fully saturated rings. The van der Waals surface area contributed by atoms with Crippen LogP contribution < -0.4 is 5.73 Å². The van der Waals surface area contributed by atoms with Crippen molar-refractivity contribution in [2.24, 2.45) is 5.73 Å². The van der Waals surface area contributed by atoms with Crippen molar-refractivity contribution in [2.75, 3.05) is 20.6 Å². The van der Waals surface area contributed by atoms with Crippen LogP contribution in [0.2, 0.25) is 0 Å². The van der Waals surface area contributed by atoms with Crippen molar-refractivity contribution in [3.05, 3.63) is 60.4 Å². The van der Waals surface area contributed by atoms with Crippen LogP contribution in [0.25, 0.3) is 22.2 Å². The standard InChI is InChI=1S/C19H20F2N4O2S/c1-24(2)28(26,27)16-5-3-13(4-6-16)17-9-15(21)10-18-19(17)23-12-25(18)11-14(20)7-8-22/h3-7,9-10,12H,8,11,22H2,1-2H3/b14-7-. The zero-order valence-electron chi connectivity index (χ0n) is 15.4. The summed E-state index contributed by atoms with van der Waals surface area (Å²) in [6.45, 7) is -0.0309. The van der Waals surface area contributed by atoms with Gasteiger partial charge in [0.2, 0.25) is 10.0 Å². The van der Waals surface area contributed by atoms with Crippen LogP contribution in [0.4, 0.5) is 8.78 Å². The van der Waals surface area contributed by atoms with Gasteiger partial charge in [-0.3, -0.25) is 0 Å². The summed E-state index contributed by atoms with van der Waals surface area (Å²) in [7, 11) is -0.663. The van der Waals surface area contributed by atoms with Crippen molar-refractivity contribution in [2.45, 2.75) is 11.4 Å². The molecule has 0 aliphatic carbocycles. The van der Waals surface area contributed by atoms with E-state index >= 15 is 0 Å². The Morgan fingerprint density at radius 2 is 1.93 bits per heavy atom. The topological polar surface area (TPSA) is 81.2 Å². The number of hydrogen-bond donors (Lipinski definition) is 1. The Morgan fingerprint density at radius 3 is 2.54 bits per heavy atom. The van der Waals surface area contributed by atoms with Crippen LogP contribution in [0.1, 0.15) is 0 Å². The summed E-state index contributed by atoms with van der Waals surface area (Å²) in [5, 5.41) is 0.